The van der Waals surface area contributed by atoms with E-state index in [1.165, 1.54) is 50.8 Å². The van der Waals surface area contributed by atoms with Gasteiger partial charge in [0.15, 0.2) is 0 Å². The minimum atomic E-state index is 0.0684. The van der Waals surface area contributed by atoms with E-state index < -0.39 is 0 Å². The first-order valence-corrected chi connectivity index (χ1v) is 8.34. The second-order valence-electron chi connectivity index (χ2n) is 6.63. The van der Waals surface area contributed by atoms with E-state index in [9.17, 15) is 4.79 Å². The molecule has 1 aliphatic heterocycles. The first-order valence-electron chi connectivity index (χ1n) is 8.34. The third-order valence-electron chi connectivity index (χ3n) is 4.76. The van der Waals surface area contributed by atoms with Gasteiger partial charge in [-0.15, -0.1) is 0 Å². The zero-order chi connectivity index (χ0) is 14.7. The van der Waals surface area contributed by atoms with E-state index in [1.54, 1.807) is 0 Å². The number of hydrogen-bond donors (Lipinski definition) is 1. The number of piperidine rings is 1. The van der Waals surface area contributed by atoms with Gasteiger partial charge in [0.1, 0.15) is 0 Å². The summed E-state index contributed by atoms with van der Waals surface area (Å²) in [7, 11) is 0. The van der Waals surface area contributed by atoms with E-state index in [0.29, 0.717) is 12.0 Å². The average molecular weight is 286 g/mol. The van der Waals surface area contributed by atoms with Gasteiger partial charge in [-0.2, -0.15) is 0 Å². The summed E-state index contributed by atoms with van der Waals surface area (Å²) in [5.74, 6) is 0.770. The molecule has 1 aliphatic carbocycles. The van der Waals surface area contributed by atoms with Crippen LogP contribution in [0.5, 0.6) is 0 Å². The predicted molar refractivity (Wildman–Crippen MR) is 85.2 cm³/mol. The van der Waals surface area contributed by atoms with E-state index in [1.807, 2.05) is 12.1 Å². The zero-order valence-electron chi connectivity index (χ0n) is 13.0. The van der Waals surface area contributed by atoms with Gasteiger partial charge in [0.25, 0.3) is 5.91 Å². The minimum Gasteiger partial charge on any atom is -0.349 e. The Labute approximate surface area is 127 Å². The predicted octanol–water partition coefficient (Wildman–Crippen LogP) is 3.20. The molecule has 1 aromatic rings. The van der Waals surface area contributed by atoms with Gasteiger partial charge < -0.3 is 5.32 Å². The molecule has 0 aromatic heterocycles. The molecule has 2 aliphatic rings. The lowest BCUT2D eigenvalue weighted by Crippen LogP contribution is -2.34. The van der Waals surface area contributed by atoms with E-state index in [0.717, 1.165) is 12.1 Å². The van der Waals surface area contributed by atoms with Crippen LogP contribution < -0.4 is 5.32 Å². The van der Waals surface area contributed by atoms with E-state index in [4.69, 9.17) is 0 Å². The van der Waals surface area contributed by atoms with Gasteiger partial charge in [-0.1, -0.05) is 18.6 Å². The molecule has 114 valence electrons. The molecular formula is C18H26N2O. The highest BCUT2D eigenvalue weighted by molar-refractivity contribution is 5.94. The molecule has 1 N–H and O–H groups in total. The SMILES string of the molecule is CC(NC(=O)c1ccc(CN2CCCCC2)cc1)C1CC1. The van der Waals surface area contributed by atoms with Crippen LogP contribution in [0.15, 0.2) is 24.3 Å². The number of likely N-dealkylation sites (tertiary alicyclic amines) is 1. The van der Waals surface area contributed by atoms with Crippen molar-refractivity contribution in [1.29, 1.82) is 0 Å². The van der Waals surface area contributed by atoms with Crippen LogP contribution in [0.1, 0.15) is 54.9 Å². The third kappa shape index (κ3) is 4.07. The van der Waals surface area contributed by atoms with Crippen molar-refractivity contribution in [2.45, 2.75) is 51.6 Å². The molecule has 3 nitrogen and oxygen atoms in total. The molecule has 1 saturated carbocycles. The summed E-state index contributed by atoms with van der Waals surface area (Å²) >= 11 is 0. The Hall–Kier alpha value is -1.35. The maximum atomic E-state index is 12.2. The molecule has 1 amide bonds. The maximum Gasteiger partial charge on any atom is 0.251 e. The van der Waals surface area contributed by atoms with Crippen molar-refractivity contribution in [3.63, 3.8) is 0 Å². The molecule has 0 radical (unpaired) electrons. The molecule has 3 heteroatoms. The number of carbonyl (C=O) groups is 1. The summed E-state index contributed by atoms with van der Waals surface area (Å²) < 4.78 is 0. The number of benzene rings is 1. The van der Waals surface area contributed by atoms with Crippen LogP contribution in [0.3, 0.4) is 0 Å². The monoisotopic (exact) mass is 286 g/mol. The van der Waals surface area contributed by atoms with Crippen LogP contribution in [0.2, 0.25) is 0 Å². The highest BCUT2D eigenvalue weighted by Gasteiger charge is 2.29. The van der Waals surface area contributed by atoms with Gasteiger partial charge in [0.05, 0.1) is 0 Å². The van der Waals surface area contributed by atoms with E-state index in [2.05, 4.69) is 29.3 Å². The zero-order valence-corrected chi connectivity index (χ0v) is 13.0. The minimum absolute atomic E-state index is 0.0684. The van der Waals surface area contributed by atoms with Gasteiger partial charge in [-0.25, -0.2) is 0 Å². The average Bonchev–Trinajstić information content (AvgIpc) is 3.33. The fraction of sp³-hybridized carbons (Fsp3) is 0.611. The Morgan fingerprint density at radius 1 is 1.19 bits per heavy atom. The van der Waals surface area contributed by atoms with E-state index in [-0.39, 0.29) is 5.91 Å². The van der Waals surface area contributed by atoms with Gasteiger partial charge in [0, 0.05) is 18.2 Å². The molecule has 1 aromatic carbocycles. The van der Waals surface area contributed by atoms with Crippen molar-refractivity contribution in [3.05, 3.63) is 35.4 Å². The summed E-state index contributed by atoms with van der Waals surface area (Å²) in [6, 6.07) is 8.45. The first-order chi connectivity index (χ1) is 10.2. The van der Waals surface area contributed by atoms with Crippen molar-refractivity contribution in [2.24, 2.45) is 5.92 Å². The van der Waals surface area contributed by atoms with Crippen LogP contribution in [-0.2, 0) is 6.54 Å². The molecule has 0 spiro atoms. The van der Waals surface area contributed by atoms with Crippen LogP contribution in [0.4, 0.5) is 0 Å². The van der Waals surface area contributed by atoms with Crippen molar-refractivity contribution >= 4 is 5.91 Å². The lowest BCUT2D eigenvalue weighted by molar-refractivity contribution is 0.0936. The fourth-order valence-electron chi connectivity index (χ4n) is 3.14. The molecule has 1 heterocycles. The number of nitrogens with zero attached hydrogens (tertiary/aromatic N) is 1. The Bertz CT molecular complexity index is 472. The van der Waals surface area contributed by atoms with Gasteiger partial charge in [0.2, 0.25) is 0 Å². The Kier molecular flexibility index (Phi) is 4.59. The number of amides is 1. The van der Waals surface area contributed by atoms with E-state index >= 15 is 0 Å². The summed E-state index contributed by atoms with van der Waals surface area (Å²) in [6.45, 7) is 5.54. The molecule has 1 unspecified atom stereocenters. The molecule has 1 atom stereocenters. The number of nitrogens with one attached hydrogen (secondary N) is 1. The Morgan fingerprint density at radius 2 is 1.86 bits per heavy atom. The Morgan fingerprint density at radius 3 is 2.48 bits per heavy atom. The van der Waals surface area contributed by atoms with Crippen LogP contribution in [0.25, 0.3) is 0 Å². The lowest BCUT2D eigenvalue weighted by Gasteiger charge is -2.26. The highest BCUT2D eigenvalue weighted by Crippen LogP contribution is 2.32. The third-order valence-corrected chi connectivity index (χ3v) is 4.76. The quantitative estimate of drug-likeness (QED) is 0.901. The van der Waals surface area contributed by atoms with Crippen LogP contribution in [-0.4, -0.2) is 29.9 Å². The van der Waals surface area contributed by atoms with Gasteiger partial charge >= 0.3 is 0 Å². The van der Waals surface area contributed by atoms with Gasteiger partial charge in [-0.3, -0.25) is 9.69 Å². The largest absolute Gasteiger partial charge is 0.349 e. The van der Waals surface area contributed by atoms with Crippen molar-refractivity contribution in [3.8, 4) is 0 Å². The van der Waals surface area contributed by atoms with Crippen LogP contribution in [0, 0.1) is 5.92 Å². The Balaban J connectivity index is 1.54. The number of rotatable bonds is 5. The molecule has 0 bridgehead atoms. The van der Waals surface area contributed by atoms with Gasteiger partial charge in [-0.05, 0) is 69.3 Å². The summed E-state index contributed by atoms with van der Waals surface area (Å²) in [5, 5.41) is 3.11. The van der Waals surface area contributed by atoms with Crippen molar-refractivity contribution in [1.82, 2.24) is 10.2 Å². The molecule has 3 rings (SSSR count). The molecule has 1 saturated heterocycles. The fourth-order valence-corrected chi connectivity index (χ4v) is 3.14. The lowest BCUT2D eigenvalue weighted by atomic mass is 10.1. The summed E-state index contributed by atoms with van der Waals surface area (Å²) in [5.41, 5.74) is 2.09. The smallest absolute Gasteiger partial charge is 0.251 e. The van der Waals surface area contributed by atoms with Crippen molar-refractivity contribution in [2.75, 3.05) is 13.1 Å². The van der Waals surface area contributed by atoms with Crippen LogP contribution >= 0.6 is 0 Å². The summed E-state index contributed by atoms with van der Waals surface area (Å²) in [6.07, 6.45) is 6.53. The number of hydrogen-bond acceptors (Lipinski definition) is 2. The maximum absolute atomic E-state index is 12.2. The topological polar surface area (TPSA) is 32.3 Å². The van der Waals surface area contributed by atoms with Crippen molar-refractivity contribution < 1.29 is 4.79 Å². The molecule has 21 heavy (non-hydrogen) atoms. The summed E-state index contributed by atoms with van der Waals surface area (Å²) in [4.78, 5) is 14.7. The normalized spacial score (nSPS) is 21.0. The highest BCUT2D eigenvalue weighted by atomic mass is 16.1. The molecule has 2 fully saturated rings. The molecular weight excluding hydrogens is 260 g/mol. The second-order valence-corrected chi connectivity index (χ2v) is 6.63. The first kappa shape index (κ1) is 14.6. The second kappa shape index (κ2) is 6.61. The number of carbonyl (C=O) groups excluding carboxylic acids is 1. The standard InChI is InChI=1S/C18H26N2O/c1-14(16-9-10-16)19-18(21)17-7-5-15(6-8-17)13-20-11-3-2-4-12-20/h5-8,14,16H,2-4,9-13H2,1H3,(H,19,21).